The monoisotopic (exact) mass is 501 g/mol. The summed E-state index contributed by atoms with van der Waals surface area (Å²) in [4.78, 5) is 14.9. The predicted octanol–water partition coefficient (Wildman–Crippen LogP) is 3.00. The van der Waals surface area contributed by atoms with E-state index < -0.39 is 6.10 Å². The largest absolute Gasteiger partial charge is 0.508 e. The van der Waals surface area contributed by atoms with Crippen LogP contribution in [0.1, 0.15) is 41.6 Å². The van der Waals surface area contributed by atoms with Crippen LogP contribution in [0, 0.1) is 0 Å². The molecule has 2 fully saturated rings. The highest BCUT2D eigenvalue weighted by atomic mass is 35.5. The summed E-state index contributed by atoms with van der Waals surface area (Å²) in [6.45, 7) is 3.75. The Bertz CT molecular complexity index is 1070. The first-order chi connectivity index (χ1) is 16.9. The molecule has 2 aromatic rings. The molecule has 3 aliphatic heterocycles. The Balaban J connectivity index is 1.12. The van der Waals surface area contributed by atoms with Gasteiger partial charge in [-0.05, 0) is 48.7 Å². The molecule has 188 valence electrons. The molecule has 35 heavy (non-hydrogen) atoms. The van der Waals surface area contributed by atoms with E-state index in [4.69, 9.17) is 21.1 Å². The number of phenolic OH excluding ortho intramolecular Hbond substituents is 1. The van der Waals surface area contributed by atoms with Gasteiger partial charge in [0.1, 0.15) is 35.6 Å². The van der Waals surface area contributed by atoms with Crippen LogP contribution in [0.15, 0.2) is 36.4 Å². The van der Waals surface area contributed by atoms with E-state index >= 15 is 0 Å². The van der Waals surface area contributed by atoms with E-state index in [0.29, 0.717) is 12.1 Å². The molecule has 0 bridgehead atoms. The zero-order valence-electron chi connectivity index (χ0n) is 19.7. The van der Waals surface area contributed by atoms with Crippen LogP contribution < -0.4 is 14.9 Å². The number of carbonyl (C=O) groups excluding carboxylic acids is 1. The van der Waals surface area contributed by atoms with Crippen LogP contribution in [0.3, 0.4) is 0 Å². The Hall–Kier alpha value is -2.52. The Morgan fingerprint density at radius 1 is 1.14 bits per heavy atom. The quantitative estimate of drug-likeness (QED) is 0.537. The maximum Gasteiger partial charge on any atom is 0.269 e. The van der Waals surface area contributed by atoms with E-state index in [1.807, 2.05) is 23.2 Å². The second-order valence-corrected chi connectivity index (χ2v) is 10.2. The van der Waals surface area contributed by atoms with E-state index in [2.05, 4.69) is 10.3 Å². The fourth-order valence-electron chi connectivity index (χ4n) is 5.21. The number of rotatable bonds is 7. The van der Waals surface area contributed by atoms with Gasteiger partial charge in [-0.15, -0.1) is 0 Å². The number of nitrogens with zero attached hydrogens (tertiary/aromatic N) is 2. The van der Waals surface area contributed by atoms with Crippen molar-refractivity contribution >= 4 is 17.5 Å². The molecule has 3 aliphatic rings. The first kappa shape index (κ1) is 24.2. The molecule has 8 nitrogen and oxygen atoms in total. The number of hydrogen-bond donors (Lipinski definition) is 3. The fraction of sp³-hybridized carbons (Fsp3) is 0.500. The van der Waals surface area contributed by atoms with Crippen molar-refractivity contribution < 1.29 is 24.5 Å². The van der Waals surface area contributed by atoms with Gasteiger partial charge < -0.3 is 24.6 Å². The van der Waals surface area contributed by atoms with Gasteiger partial charge in [0, 0.05) is 63.1 Å². The molecule has 0 aliphatic carbocycles. The van der Waals surface area contributed by atoms with E-state index in [1.54, 1.807) is 6.07 Å². The molecule has 0 unspecified atom stereocenters. The van der Waals surface area contributed by atoms with Gasteiger partial charge in [-0.25, -0.2) is 5.01 Å². The summed E-state index contributed by atoms with van der Waals surface area (Å²) in [5, 5.41) is 23.2. The number of hydrazine groups is 1. The number of fused-ring (bicyclic) bond motifs is 1. The van der Waals surface area contributed by atoms with Crippen molar-refractivity contribution in [2.75, 3.05) is 39.3 Å². The molecule has 1 atom stereocenters. The molecular weight excluding hydrogens is 470 g/mol. The lowest BCUT2D eigenvalue weighted by Gasteiger charge is -2.39. The van der Waals surface area contributed by atoms with Gasteiger partial charge in [0.25, 0.3) is 5.91 Å². The summed E-state index contributed by atoms with van der Waals surface area (Å²) < 4.78 is 12.1. The van der Waals surface area contributed by atoms with Crippen LogP contribution in [0.2, 0.25) is 5.02 Å². The van der Waals surface area contributed by atoms with Gasteiger partial charge in [-0.1, -0.05) is 11.6 Å². The van der Waals surface area contributed by atoms with Crippen LogP contribution in [0.25, 0.3) is 0 Å². The number of halogens is 1. The topological polar surface area (TPSA) is 94.5 Å². The number of piperidine rings is 1. The smallest absolute Gasteiger partial charge is 0.269 e. The van der Waals surface area contributed by atoms with Crippen LogP contribution in [0.4, 0.5) is 0 Å². The number of hydrogen-bond acceptors (Lipinski definition) is 7. The molecule has 1 spiro atoms. The Morgan fingerprint density at radius 3 is 2.69 bits per heavy atom. The summed E-state index contributed by atoms with van der Waals surface area (Å²) in [7, 11) is 0. The van der Waals surface area contributed by atoms with Crippen LogP contribution >= 0.6 is 11.6 Å². The van der Waals surface area contributed by atoms with Crippen LogP contribution in [-0.2, 0) is 6.42 Å². The Kier molecular flexibility index (Phi) is 7.07. The predicted molar refractivity (Wildman–Crippen MR) is 132 cm³/mol. The van der Waals surface area contributed by atoms with Crippen LogP contribution in [-0.4, -0.2) is 77.1 Å². The van der Waals surface area contributed by atoms with Crippen molar-refractivity contribution in [2.24, 2.45) is 0 Å². The van der Waals surface area contributed by atoms with Gasteiger partial charge >= 0.3 is 0 Å². The summed E-state index contributed by atoms with van der Waals surface area (Å²) in [6, 6.07) is 10.2. The number of carbonyl (C=O) groups is 1. The SMILES string of the molecule is O=C(NN1CCCC1)c1ccc(O)cc1OC[C@@H](O)CN1CCC2(CC1)Cc1cc(Cl)ccc1O2. The molecule has 0 radical (unpaired) electrons. The highest BCUT2D eigenvalue weighted by Gasteiger charge is 2.42. The van der Waals surface area contributed by atoms with E-state index in [-0.39, 0.29) is 29.6 Å². The Morgan fingerprint density at radius 2 is 1.91 bits per heavy atom. The number of ether oxygens (including phenoxy) is 2. The average Bonchev–Trinajstić information content (AvgIpc) is 3.46. The molecule has 0 aromatic heterocycles. The number of phenols is 1. The second kappa shape index (κ2) is 10.2. The third-order valence-corrected chi connectivity index (χ3v) is 7.34. The number of aliphatic hydroxyl groups is 1. The van der Waals surface area contributed by atoms with Gasteiger partial charge in [0.05, 0.1) is 5.56 Å². The summed E-state index contributed by atoms with van der Waals surface area (Å²) in [5.74, 6) is 0.907. The van der Waals surface area contributed by atoms with E-state index in [1.165, 1.54) is 12.1 Å². The highest BCUT2D eigenvalue weighted by Crippen LogP contribution is 2.42. The van der Waals surface area contributed by atoms with Crippen molar-refractivity contribution in [2.45, 2.75) is 43.8 Å². The summed E-state index contributed by atoms with van der Waals surface area (Å²) in [6.07, 6.45) is 3.98. The number of nitrogens with one attached hydrogen (secondary N) is 1. The van der Waals surface area contributed by atoms with Crippen molar-refractivity contribution in [3.63, 3.8) is 0 Å². The number of aromatic hydroxyl groups is 1. The second-order valence-electron chi connectivity index (χ2n) is 9.79. The minimum absolute atomic E-state index is 0.00684. The van der Waals surface area contributed by atoms with Crippen molar-refractivity contribution in [3.8, 4) is 17.2 Å². The minimum Gasteiger partial charge on any atom is -0.508 e. The molecule has 3 N–H and O–H groups in total. The number of likely N-dealkylation sites (tertiary alicyclic amines) is 1. The molecule has 5 rings (SSSR count). The molecular formula is C26H32ClN3O5. The molecule has 0 saturated carbocycles. The van der Waals surface area contributed by atoms with Crippen molar-refractivity contribution in [1.82, 2.24) is 15.3 Å². The molecule has 1 amide bonds. The lowest BCUT2D eigenvalue weighted by atomic mass is 9.87. The summed E-state index contributed by atoms with van der Waals surface area (Å²) in [5.41, 5.74) is 4.19. The molecule has 3 heterocycles. The first-order valence-electron chi connectivity index (χ1n) is 12.3. The van der Waals surface area contributed by atoms with Gasteiger partial charge in [0.15, 0.2) is 0 Å². The zero-order valence-corrected chi connectivity index (χ0v) is 20.5. The number of β-amino-alcohol motifs (C(OH)–C–C–N with tert-alkyl or cyclic N) is 1. The van der Waals surface area contributed by atoms with Crippen molar-refractivity contribution in [1.29, 1.82) is 0 Å². The highest BCUT2D eigenvalue weighted by molar-refractivity contribution is 6.30. The lowest BCUT2D eigenvalue weighted by Crippen LogP contribution is -2.49. The maximum atomic E-state index is 12.7. The average molecular weight is 502 g/mol. The Labute approximate surface area is 210 Å². The zero-order chi connectivity index (χ0) is 24.4. The molecule has 9 heteroatoms. The number of amides is 1. The first-order valence-corrected chi connectivity index (χ1v) is 12.7. The van der Waals surface area contributed by atoms with E-state index in [0.717, 1.165) is 74.6 Å². The van der Waals surface area contributed by atoms with Gasteiger partial charge in [-0.2, -0.15) is 0 Å². The molecule has 2 saturated heterocycles. The van der Waals surface area contributed by atoms with Crippen molar-refractivity contribution in [3.05, 3.63) is 52.5 Å². The van der Waals surface area contributed by atoms with E-state index in [9.17, 15) is 15.0 Å². The minimum atomic E-state index is -0.735. The third kappa shape index (κ3) is 5.67. The normalized spacial score (nSPS) is 20.4. The standard InChI is InChI=1S/C26H32ClN3O5/c27-19-3-6-23-18(13-19)15-26(35-23)7-11-29(12-8-26)16-21(32)17-34-24-14-20(31)4-5-22(24)25(33)28-30-9-1-2-10-30/h3-6,13-14,21,31-32H,1-2,7-12,15-17H2,(H,28,33)/t21-/m0/s1. The van der Waals surface area contributed by atoms with Crippen LogP contribution in [0.5, 0.6) is 17.2 Å². The fourth-order valence-corrected chi connectivity index (χ4v) is 5.41. The number of benzene rings is 2. The van der Waals surface area contributed by atoms with Gasteiger partial charge in [0.2, 0.25) is 0 Å². The summed E-state index contributed by atoms with van der Waals surface area (Å²) >= 11 is 6.14. The lowest BCUT2D eigenvalue weighted by molar-refractivity contribution is -0.00201. The van der Waals surface area contributed by atoms with Gasteiger partial charge in [-0.3, -0.25) is 10.2 Å². The maximum absolute atomic E-state index is 12.7. The molecule has 2 aromatic carbocycles. The third-order valence-electron chi connectivity index (χ3n) is 7.10. The number of aliphatic hydroxyl groups excluding tert-OH is 1.